The lowest BCUT2D eigenvalue weighted by molar-refractivity contribution is -0.119. The first-order chi connectivity index (χ1) is 8.24. The number of halogens is 1. The molecule has 0 aliphatic carbocycles. The number of rotatable bonds is 5. The molecule has 1 aromatic rings. The molecule has 0 spiro atoms. The van der Waals surface area contributed by atoms with Gasteiger partial charge in [0, 0.05) is 19.4 Å². The van der Waals surface area contributed by atoms with Gasteiger partial charge in [0.2, 0.25) is 0 Å². The SMILES string of the molecule is CCn1nc(C)c(Br)c1CC(=O)CCC(C)(C)C. The molecule has 0 aromatic carbocycles. The molecule has 18 heavy (non-hydrogen) atoms. The molecule has 0 atom stereocenters. The van der Waals surface area contributed by atoms with Crippen LogP contribution in [0.15, 0.2) is 4.47 Å². The molecule has 1 aromatic heterocycles. The number of ketones is 1. The first kappa shape index (κ1) is 15.4. The molecular weight excluding hydrogens is 292 g/mol. The van der Waals surface area contributed by atoms with Crippen LogP contribution in [0.2, 0.25) is 0 Å². The van der Waals surface area contributed by atoms with Crippen LogP contribution < -0.4 is 0 Å². The van der Waals surface area contributed by atoms with E-state index in [9.17, 15) is 4.79 Å². The molecule has 0 radical (unpaired) electrons. The lowest BCUT2D eigenvalue weighted by Gasteiger charge is -2.17. The van der Waals surface area contributed by atoms with Crippen molar-refractivity contribution in [2.24, 2.45) is 5.41 Å². The summed E-state index contributed by atoms with van der Waals surface area (Å²) in [5.41, 5.74) is 2.18. The van der Waals surface area contributed by atoms with Crippen molar-refractivity contribution in [2.45, 2.75) is 60.4 Å². The predicted octanol–water partition coefficient (Wildman–Crippen LogP) is 3.91. The van der Waals surface area contributed by atoms with Crippen LogP contribution in [0.4, 0.5) is 0 Å². The van der Waals surface area contributed by atoms with Crippen LogP contribution >= 0.6 is 15.9 Å². The summed E-state index contributed by atoms with van der Waals surface area (Å²) in [7, 11) is 0. The van der Waals surface area contributed by atoms with Crippen molar-refractivity contribution in [3.63, 3.8) is 0 Å². The first-order valence-electron chi connectivity index (χ1n) is 6.48. The maximum absolute atomic E-state index is 12.0. The molecule has 1 heterocycles. The Morgan fingerprint density at radius 2 is 2.00 bits per heavy atom. The van der Waals surface area contributed by atoms with Gasteiger partial charge in [0.15, 0.2) is 0 Å². The second-order valence-electron chi connectivity index (χ2n) is 5.94. The van der Waals surface area contributed by atoms with E-state index < -0.39 is 0 Å². The Morgan fingerprint density at radius 3 is 2.50 bits per heavy atom. The van der Waals surface area contributed by atoms with E-state index in [1.165, 1.54) is 0 Å². The summed E-state index contributed by atoms with van der Waals surface area (Å²) < 4.78 is 2.89. The smallest absolute Gasteiger partial charge is 0.138 e. The number of aromatic nitrogens is 2. The van der Waals surface area contributed by atoms with E-state index in [0.717, 1.165) is 28.8 Å². The molecule has 0 aliphatic heterocycles. The van der Waals surface area contributed by atoms with Gasteiger partial charge in [-0.15, -0.1) is 0 Å². The van der Waals surface area contributed by atoms with E-state index in [1.54, 1.807) is 0 Å². The zero-order valence-electron chi connectivity index (χ0n) is 12.0. The third kappa shape index (κ3) is 4.23. The van der Waals surface area contributed by atoms with Crippen LogP contribution in [0, 0.1) is 12.3 Å². The Labute approximate surface area is 118 Å². The van der Waals surface area contributed by atoms with Crippen molar-refractivity contribution in [3.05, 3.63) is 15.9 Å². The molecule has 0 aliphatic rings. The standard InChI is InChI=1S/C14H23BrN2O/c1-6-17-12(13(15)10(2)16-17)9-11(18)7-8-14(3,4)5/h6-9H2,1-5H3. The quantitative estimate of drug-likeness (QED) is 0.825. The zero-order chi connectivity index (χ0) is 13.9. The lowest BCUT2D eigenvalue weighted by atomic mass is 9.89. The highest BCUT2D eigenvalue weighted by molar-refractivity contribution is 9.10. The average Bonchev–Trinajstić information content (AvgIpc) is 2.53. The monoisotopic (exact) mass is 314 g/mol. The summed E-state index contributed by atoms with van der Waals surface area (Å²) in [5, 5.41) is 4.41. The van der Waals surface area contributed by atoms with Crippen molar-refractivity contribution < 1.29 is 4.79 Å². The normalized spacial score (nSPS) is 11.9. The molecule has 0 N–H and O–H groups in total. The lowest BCUT2D eigenvalue weighted by Crippen LogP contribution is -2.13. The van der Waals surface area contributed by atoms with Crippen molar-refractivity contribution in [1.82, 2.24) is 9.78 Å². The number of aryl methyl sites for hydroxylation is 2. The summed E-state index contributed by atoms with van der Waals surface area (Å²) in [5.74, 6) is 0.292. The molecule has 0 saturated heterocycles. The second-order valence-corrected chi connectivity index (χ2v) is 6.73. The van der Waals surface area contributed by atoms with E-state index >= 15 is 0 Å². The number of hydrogen-bond acceptors (Lipinski definition) is 2. The van der Waals surface area contributed by atoms with Crippen LogP contribution in [-0.2, 0) is 17.8 Å². The Bertz CT molecular complexity index is 430. The fraction of sp³-hybridized carbons (Fsp3) is 0.714. The highest BCUT2D eigenvalue weighted by atomic mass is 79.9. The molecular formula is C14H23BrN2O. The molecule has 3 nitrogen and oxygen atoms in total. The molecule has 4 heteroatoms. The van der Waals surface area contributed by atoms with Gasteiger partial charge < -0.3 is 0 Å². The van der Waals surface area contributed by atoms with E-state index in [0.29, 0.717) is 18.6 Å². The summed E-state index contributed by atoms with van der Waals surface area (Å²) >= 11 is 3.53. The maximum Gasteiger partial charge on any atom is 0.138 e. The summed E-state index contributed by atoms with van der Waals surface area (Å²) in [6.45, 7) is 11.3. The summed E-state index contributed by atoms with van der Waals surface area (Å²) in [6.07, 6.45) is 2.05. The molecule has 0 amide bonds. The van der Waals surface area contributed by atoms with E-state index in [-0.39, 0.29) is 5.41 Å². The Hall–Kier alpha value is -0.640. The summed E-state index contributed by atoms with van der Waals surface area (Å²) in [4.78, 5) is 12.0. The third-order valence-electron chi connectivity index (χ3n) is 2.97. The van der Waals surface area contributed by atoms with Crippen LogP contribution in [0.25, 0.3) is 0 Å². The molecule has 0 bridgehead atoms. The Morgan fingerprint density at radius 1 is 1.39 bits per heavy atom. The fourth-order valence-corrected chi connectivity index (χ4v) is 2.25. The van der Waals surface area contributed by atoms with Gasteiger partial charge in [-0.3, -0.25) is 9.48 Å². The summed E-state index contributed by atoms with van der Waals surface area (Å²) in [6, 6.07) is 0. The van der Waals surface area contributed by atoms with Crippen molar-refractivity contribution >= 4 is 21.7 Å². The molecule has 1 rings (SSSR count). The van der Waals surface area contributed by atoms with Gasteiger partial charge in [0.1, 0.15) is 5.78 Å². The third-order valence-corrected chi connectivity index (χ3v) is 4.00. The average molecular weight is 315 g/mol. The second kappa shape index (κ2) is 6.00. The Balaban J connectivity index is 2.70. The van der Waals surface area contributed by atoms with Crippen LogP contribution in [0.1, 0.15) is 51.9 Å². The minimum Gasteiger partial charge on any atom is -0.299 e. The molecule has 0 unspecified atom stereocenters. The highest BCUT2D eigenvalue weighted by Crippen LogP contribution is 2.24. The van der Waals surface area contributed by atoms with Crippen LogP contribution in [0.5, 0.6) is 0 Å². The number of carbonyl (C=O) groups excluding carboxylic acids is 1. The maximum atomic E-state index is 12.0. The van der Waals surface area contributed by atoms with Gasteiger partial charge in [-0.25, -0.2) is 0 Å². The van der Waals surface area contributed by atoms with Crippen molar-refractivity contribution in [3.8, 4) is 0 Å². The van der Waals surface area contributed by atoms with E-state index in [1.807, 2.05) is 18.5 Å². The van der Waals surface area contributed by atoms with E-state index in [4.69, 9.17) is 0 Å². The topological polar surface area (TPSA) is 34.9 Å². The number of carbonyl (C=O) groups is 1. The minimum atomic E-state index is 0.216. The van der Waals surface area contributed by atoms with E-state index in [2.05, 4.69) is 41.8 Å². The zero-order valence-corrected chi connectivity index (χ0v) is 13.6. The number of nitrogens with zero attached hydrogens (tertiary/aromatic N) is 2. The number of Topliss-reactive ketones (excluding diaryl/α,β-unsaturated/α-hetero) is 1. The van der Waals surface area contributed by atoms with Gasteiger partial charge in [-0.1, -0.05) is 20.8 Å². The van der Waals surface area contributed by atoms with Gasteiger partial charge >= 0.3 is 0 Å². The molecule has 0 saturated carbocycles. The van der Waals surface area contributed by atoms with Gasteiger partial charge in [-0.05, 0) is 41.6 Å². The van der Waals surface area contributed by atoms with Gasteiger partial charge in [0.25, 0.3) is 0 Å². The predicted molar refractivity (Wildman–Crippen MR) is 77.7 cm³/mol. The van der Waals surface area contributed by atoms with Gasteiger partial charge in [0.05, 0.1) is 15.9 Å². The number of hydrogen-bond donors (Lipinski definition) is 0. The van der Waals surface area contributed by atoms with Crippen LogP contribution in [-0.4, -0.2) is 15.6 Å². The van der Waals surface area contributed by atoms with Crippen molar-refractivity contribution in [1.29, 1.82) is 0 Å². The fourth-order valence-electron chi connectivity index (χ4n) is 1.83. The van der Waals surface area contributed by atoms with Gasteiger partial charge in [-0.2, -0.15) is 5.10 Å². The first-order valence-corrected chi connectivity index (χ1v) is 7.27. The Kier molecular flexibility index (Phi) is 5.14. The minimum absolute atomic E-state index is 0.216. The highest BCUT2D eigenvalue weighted by Gasteiger charge is 2.17. The van der Waals surface area contributed by atoms with Crippen LogP contribution in [0.3, 0.4) is 0 Å². The van der Waals surface area contributed by atoms with Crippen molar-refractivity contribution in [2.75, 3.05) is 0 Å². The largest absolute Gasteiger partial charge is 0.299 e. The molecule has 102 valence electrons. The molecule has 0 fully saturated rings.